The molecule has 0 spiro atoms. The maximum Gasteiger partial charge on any atom is 0.252 e. The Morgan fingerprint density at radius 2 is 1.64 bits per heavy atom. The van der Waals surface area contributed by atoms with Gasteiger partial charge in [0, 0.05) is 0 Å². The maximum absolute atomic E-state index is 9.06. The molecule has 1 rings (SSSR count). The number of aliphatic hydroxyl groups excluding tert-OH is 2. The molecule has 0 amide bonds. The summed E-state index contributed by atoms with van der Waals surface area (Å²) in [6.07, 6.45) is -2.27. The van der Waals surface area contributed by atoms with Gasteiger partial charge in [0.25, 0.3) is 6.29 Å². The molecule has 0 saturated carbocycles. The van der Waals surface area contributed by atoms with E-state index in [4.69, 9.17) is 15.3 Å². The zero-order chi connectivity index (χ0) is 8.27. The molecule has 0 saturated heterocycles. The molecule has 1 aromatic carbocycles. The molecule has 0 fully saturated rings. The van der Waals surface area contributed by atoms with Crippen LogP contribution in [-0.2, 0) is 0 Å². The summed E-state index contributed by atoms with van der Waals surface area (Å²) in [7, 11) is 0. The summed E-state index contributed by atoms with van der Waals surface area (Å²) in [4.78, 5) is 0. The largest absolute Gasteiger partial charge is 0.383 e. The van der Waals surface area contributed by atoms with Gasteiger partial charge in [-0.15, -0.1) is 0 Å². The molecule has 0 aliphatic heterocycles. The number of hydrogen-bond donors (Lipinski definition) is 3. The second-order valence-corrected chi connectivity index (χ2v) is 2.17. The average molecular weight is 153 g/mol. The van der Waals surface area contributed by atoms with Gasteiger partial charge in [-0.3, -0.25) is 0 Å². The van der Waals surface area contributed by atoms with Gasteiger partial charge in [-0.1, -0.05) is 30.3 Å². The average Bonchev–Trinajstić information content (AvgIpc) is 2.05. The predicted molar refractivity (Wildman–Crippen MR) is 38.5 cm³/mol. The van der Waals surface area contributed by atoms with Gasteiger partial charge in [0.1, 0.15) is 6.10 Å². The van der Waals surface area contributed by atoms with Crippen LogP contribution in [0.15, 0.2) is 30.3 Å². The van der Waals surface area contributed by atoms with Crippen LogP contribution in [-0.4, -0.2) is 15.3 Å². The van der Waals surface area contributed by atoms with Crippen LogP contribution in [0, 0.1) is 6.29 Å². The molecule has 3 N–H and O–H groups in total. The number of hydrogen-bond acceptors (Lipinski definition) is 3. The first-order valence-corrected chi connectivity index (χ1v) is 3.19. The second kappa shape index (κ2) is 3.48. The lowest BCUT2D eigenvalue weighted by molar-refractivity contribution is -0.0228. The molecule has 0 bridgehead atoms. The van der Waals surface area contributed by atoms with E-state index in [1.54, 1.807) is 30.3 Å². The highest BCUT2D eigenvalue weighted by Gasteiger charge is 2.15. The minimum atomic E-state index is -1.30. The van der Waals surface area contributed by atoms with E-state index < -0.39 is 12.4 Å². The molecule has 0 unspecified atom stereocenters. The van der Waals surface area contributed by atoms with E-state index in [2.05, 4.69) is 0 Å². The van der Waals surface area contributed by atoms with E-state index in [0.29, 0.717) is 5.56 Å². The van der Waals surface area contributed by atoms with Crippen LogP contribution in [0.4, 0.5) is 0 Å². The molecule has 3 heteroatoms. The summed E-state index contributed by atoms with van der Waals surface area (Å²) in [6, 6.07) is 8.42. The molecule has 1 aromatic rings. The normalized spacial score (nSPS) is 13.5. The number of aliphatic hydroxyl groups is 3. The Kier molecular flexibility index (Phi) is 2.59. The van der Waals surface area contributed by atoms with Gasteiger partial charge >= 0.3 is 0 Å². The summed E-state index contributed by atoms with van der Waals surface area (Å²) >= 11 is 0. The lowest BCUT2D eigenvalue weighted by atomic mass is 10.1. The molecule has 3 nitrogen and oxygen atoms in total. The predicted octanol–water partition coefficient (Wildman–Crippen LogP) is 0.954. The highest BCUT2D eigenvalue weighted by molar-refractivity contribution is 5.19. The third-order valence-corrected chi connectivity index (χ3v) is 1.36. The molecule has 59 valence electrons. The van der Waals surface area contributed by atoms with Crippen LogP contribution in [0.25, 0.3) is 0 Å². The smallest absolute Gasteiger partial charge is 0.252 e. The summed E-state index contributed by atoms with van der Waals surface area (Å²) in [6.45, 7) is 0. The van der Waals surface area contributed by atoms with Gasteiger partial charge < -0.3 is 15.3 Å². The summed E-state index contributed by atoms with van der Waals surface area (Å²) < 4.78 is 0. The van der Waals surface area contributed by atoms with E-state index >= 15 is 0 Å². The lowest BCUT2D eigenvalue weighted by Gasteiger charge is -2.10. The van der Waals surface area contributed by atoms with E-state index in [-0.39, 0.29) is 0 Å². The molecule has 11 heavy (non-hydrogen) atoms. The summed E-state index contributed by atoms with van der Waals surface area (Å²) in [5, 5.41) is 26.1. The van der Waals surface area contributed by atoms with Crippen LogP contribution in [0.2, 0.25) is 0 Å². The van der Waals surface area contributed by atoms with E-state index in [9.17, 15) is 0 Å². The molecular formula is C8H9O3. The lowest BCUT2D eigenvalue weighted by Crippen LogP contribution is -2.08. The standard InChI is InChI=1S/C8H9O3/c9-7(8(10)11)6-4-2-1-3-5-6/h1-5,7,9-11H/t7-/m0/s1. The Labute approximate surface area is 64.5 Å². The maximum atomic E-state index is 9.06. The minimum Gasteiger partial charge on any atom is -0.383 e. The Balaban J connectivity index is 2.77. The first-order valence-electron chi connectivity index (χ1n) is 3.19. The molecular weight excluding hydrogens is 144 g/mol. The second-order valence-electron chi connectivity index (χ2n) is 2.17. The monoisotopic (exact) mass is 153 g/mol. The van der Waals surface area contributed by atoms with Gasteiger partial charge in [0.05, 0.1) is 0 Å². The van der Waals surface area contributed by atoms with Gasteiger partial charge in [0.2, 0.25) is 0 Å². The van der Waals surface area contributed by atoms with Crippen molar-refractivity contribution in [1.29, 1.82) is 0 Å². The van der Waals surface area contributed by atoms with Gasteiger partial charge in [-0.05, 0) is 5.56 Å². The van der Waals surface area contributed by atoms with Crippen LogP contribution in [0.3, 0.4) is 0 Å². The van der Waals surface area contributed by atoms with Crippen molar-refractivity contribution >= 4 is 0 Å². The SMILES string of the molecule is O[C](O)[C@@H](O)c1ccccc1. The quantitative estimate of drug-likeness (QED) is 0.593. The molecule has 1 atom stereocenters. The van der Waals surface area contributed by atoms with E-state index in [1.165, 1.54) is 0 Å². The van der Waals surface area contributed by atoms with Gasteiger partial charge in [-0.25, -0.2) is 0 Å². The zero-order valence-corrected chi connectivity index (χ0v) is 5.81. The van der Waals surface area contributed by atoms with Crippen molar-refractivity contribution in [2.45, 2.75) is 6.10 Å². The van der Waals surface area contributed by atoms with Crippen molar-refractivity contribution in [2.24, 2.45) is 0 Å². The van der Waals surface area contributed by atoms with Crippen molar-refractivity contribution in [2.75, 3.05) is 0 Å². The number of benzene rings is 1. The van der Waals surface area contributed by atoms with E-state index in [1.807, 2.05) is 0 Å². The molecule has 0 aliphatic carbocycles. The van der Waals surface area contributed by atoms with Crippen molar-refractivity contribution in [3.05, 3.63) is 42.2 Å². The highest BCUT2D eigenvalue weighted by atomic mass is 16.5. The fourth-order valence-electron chi connectivity index (χ4n) is 0.784. The summed E-state index contributed by atoms with van der Waals surface area (Å²) in [5.41, 5.74) is 0.465. The highest BCUT2D eigenvalue weighted by Crippen LogP contribution is 2.18. The van der Waals surface area contributed by atoms with Crippen LogP contribution >= 0.6 is 0 Å². The Morgan fingerprint density at radius 3 is 2.09 bits per heavy atom. The molecule has 0 aliphatic rings. The van der Waals surface area contributed by atoms with Crippen LogP contribution < -0.4 is 0 Å². The zero-order valence-electron chi connectivity index (χ0n) is 5.81. The Bertz CT molecular complexity index is 208. The topological polar surface area (TPSA) is 60.7 Å². The Hall–Kier alpha value is -0.900. The fourth-order valence-corrected chi connectivity index (χ4v) is 0.784. The van der Waals surface area contributed by atoms with Gasteiger partial charge in [0.15, 0.2) is 0 Å². The van der Waals surface area contributed by atoms with Crippen LogP contribution in [0.1, 0.15) is 11.7 Å². The summed E-state index contributed by atoms with van der Waals surface area (Å²) in [5.74, 6) is 0. The first-order chi connectivity index (χ1) is 5.22. The Morgan fingerprint density at radius 1 is 1.09 bits per heavy atom. The number of rotatable bonds is 2. The third-order valence-electron chi connectivity index (χ3n) is 1.36. The van der Waals surface area contributed by atoms with Crippen molar-refractivity contribution in [1.82, 2.24) is 0 Å². The van der Waals surface area contributed by atoms with Crippen LogP contribution in [0.5, 0.6) is 0 Å². The molecule has 1 radical (unpaired) electrons. The van der Waals surface area contributed by atoms with Gasteiger partial charge in [-0.2, -0.15) is 0 Å². The minimum absolute atomic E-state index is 0.465. The van der Waals surface area contributed by atoms with Crippen molar-refractivity contribution in [3.8, 4) is 0 Å². The fraction of sp³-hybridized carbons (Fsp3) is 0.125. The van der Waals surface area contributed by atoms with Crippen molar-refractivity contribution in [3.63, 3.8) is 0 Å². The first kappa shape index (κ1) is 8.20. The molecule has 0 aromatic heterocycles. The third kappa shape index (κ3) is 2.01. The van der Waals surface area contributed by atoms with E-state index in [0.717, 1.165) is 0 Å². The van der Waals surface area contributed by atoms with Crippen molar-refractivity contribution < 1.29 is 15.3 Å². The molecule has 0 heterocycles.